The lowest BCUT2D eigenvalue weighted by atomic mass is 10.1. The van der Waals surface area contributed by atoms with Crippen LogP contribution in [0, 0.1) is 20.8 Å². The molecule has 0 atom stereocenters. The molecule has 132 valence electrons. The minimum absolute atomic E-state index is 0.134. The van der Waals surface area contributed by atoms with Gasteiger partial charge in [-0.15, -0.1) is 0 Å². The summed E-state index contributed by atoms with van der Waals surface area (Å²) < 4.78 is 0. The lowest BCUT2D eigenvalue weighted by Gasteiger charge is -2.11. The van der Waals surface area contributed by atoms with Crippen molar-refractivity contribution in [1.82, 2.24) is 10.3 Å². The molecule has 0 saturated heterocycles. The van der Waals surface area contributed by atoms with E-state index >= 15 is 0 Å². The van der Waals surface area contributed by atoms with Crippen LogP contribution in [0.2, 0.25) is 0 Å². The zero-order valence-corrected chi connectivity index (χ0v) is 15.3. The number of anilines is 2. The molecular weight excluding hydrogens is 322 g/mol. The number of aromatic nitrogens is 1. The molecule has 1 amide bonds. The molecule has 0 spiro atoms. The fourth-order valence-corrected chi connectivity index (χ4v) is 2.93. The first-order valence-electron chi connectivity index (χ1n) is 8.64. The second-order valence-electron chi connectivity index (χ2n) is 6.57. The molecule has 0 aliphatic rings. The average molecular weight is 345 g/mol. The molecule has 0 aliphatic carbocycles. The van der Waals surface area contributed by atoms with E-state index < -0.39 is 0 Å². The molecule has 0 radical (unpaired) electrons. The Kier molecular flexibility index (Phi) is 5.32. The lowest BCUT2D eigenvalue weighted by molar-refractivity contribution is 0.0950. The Morgan fingerprint density at radius 1 is 0.923 bits per heavy atom. The molecule has 0 fully saturated rings. The van der Waals surface area contributed by atoms with Gasteiger partial charge in [-0.05, 0) is 61.2 Å². The van der Waals surface area contributed by atoms with Crippen LogP contribution in [0.3, 0.4) is 0 Å². The normalized spacial score (nSPS) is 10.4. The van der Waals surface area contributed by atoms with Crippen LogP contribution >= 0.6 is 0 Å². The quantitative estimate of drug-likeness (QED) is 0.706. The molecule has 3 aromatic rings. The summed E-state index contributed by atoms with van der Waals surface area (Å²) >= 11 is 0. The van der Waals surface area contributed by atoms with Gasteiger partial charge in [-0.25, -0.2) is 0 Å². The van der Waals surface area contributed by atoms with Gasteiger partial charge in [0.1, 0.15) is 0 Å². The molecule has 2 aromatic carbocycles. The second kappa shape index (κ2) is 7.83. The van der Waals surface area contributed by atoms with Crippen molar-refractivity contribution in [2.75, 3.05) is 5.32 Å². The number of rotatable bonds is 5. The van der Waals surface area contributed by atoms with Gasteiger partial charge in [0.15, 0.2) is 0 Å². The number of hydrogen-bond donors (Lipinski definition) is 2. The van der Waals surface area contributed by atoms with Crippen molar-refractivity contribution in [1.29, 1.82) is 0 Å². The minimum Gasteiger partial charge on any atom is -0.354 e. The van der Waals surface area contributed by atoms with Crippen molar-refractivity contribution in [2.24, 2.45) is 0 Å². The molecule has 4 nitrogen and oxygen atoms in total. The highest BCUT2D eigenvalue weighted by molar-refractivity contribution is 5.94. The Labute approximate surface area is 154 Å². The van der Waals surface area contributed by atoms with Gasteiger partial charge in [0.2, 0.25) is 0 Å². The van der Waals surface area contributed by atoms with Gasteiger partial charge in [-0.2, -0.15) is 0 Å². The van der Waals surface area contributed by atoms with Gasteiger partial charge < -0.3 is 10.6 Å². The summed E-state index contributed by atoms with van der Waals surface area (Å²) in [6.45, 7) is 6.66. The first kappa shape index (κ1) is 17.7. The number of carbonyl (C=O) groups excluding carboxylic acids is 1. The smallest absolute Gasteiger partial charge is 0.253 e. The topological polar surface area (TPSA) is 54.0 Å². The highest BCUT2D eigenvalue weighted by Crippen LogP contribution is 2.20. The van der Waals surface area contributed by atoms with E-state index in [0.717, 1.165) is 22.5 Å². The number of nitrogens with zero attached hydrogens (tertiary/aromatic N) is 1. The fourth-order valence-electron chi connectivity index (χ4n) is 2.93. The van der Waals surface area contributed by atoms with E-state index in [2.05, 4.69) is 47.7 Å². The Bertz CT molecular complexity index is 914. The Hall–Kier alpha value is -3.14. The number of aryl methyl sites for hydroxylation is 3. The molecule has 0 bridgehead atoms. The summed E-state index contributed by atoms with van der Waals surface area (Å²) in [5.41, 5.74) is 6.96. The maximum atomic E-state index is 12.5. The van der Waals surface area contributed by atoms with Crippen molar-refractivity contribution in [3.05, 3.63) is 88.7 Å². The van der Waals surface area contributed by atoms with E-state index in [-0.39, 0.29) is 5.91 Å². The predicted octanol–water partition coefficient (Wildman–Crippen LogP) is 4.68. The van der Waals surface area contributed by atoms with Crippen LogP contribution in [-0.2, 0) is 6.54 Å². The zero-order valence-electron chi connectivity index (χ0n) is 15.3. The van der Waals surface area contributed by atoms with Crippen molar-refractivity contribution in [2.45, 2.75) is 27.3 Å². The molecule has 26 heavy (non-hydrogen) atoms. The molecule has 0 unspecified atom stereocenters. The van der Waals surface area contributed by atoms with Gasteiger partial charge in [0, 0.05) is 18.4 Å². The van der Waals surface area contributed by atoms with Crippen LogP contribution in [0.1, 0.15) is 32.6 Å². The van der Waals surface area contributed by atoms with E-state index in [9.17, 15) is 4.79 Å². The molecule has 4 heteroatoms. The molecule has 2 N–H and O–H groups in total. The van der Waals surface area contributed by atoms with Crippen molar-refractivity contribution in [3.63, 3.8) is 0 Å². The Balaban J connectivity index is 1.70. The van der Waals surface area contributed by atoms with Gasteiger partial charge in [-0.3, -0.25) is 9.78 Å². The predicted molar refractivity (Wildman–Crippen MR) is 106 cm³/mol. The molecule has 3 rings (SSSR count). The summed E-state index contributed by atoms with van der Waals surface area (Å²) in [6.07, 6.45) is 3.30. The number of amides is 1. The Morgan fingerprint density at radius 2 is 1.65 bits per heavy atom. The SMILES string of the molecule is Cc1cc(C)cc(Nc2cncc(C(=O)NCc3ccccc3C)c2)c1. The summed E-state index contributed by atoms with van der Waals surface area (Å²) in [5, 5.41) is 6.28. The third-order valence-electron chi connectivity index (χ3n) is 4.21. The van der Waals surface area contributed by atoms with E-state index in [4.69, 9.17) is 0 Å². The van der Waals surface area contributed by atoms with E-state index in [1.165, 1.54) is 11.1 Å². The van der Waals surface area contributed by atoms with Crippen LogP contribution in [-0.4, -0.2) is 10.9 Å². The van der Waals surface area contributed by atoms with Gasteiger partial charge in [0.05, 0.1) is 17.4 Å². The number of pyridine rings is 1. The number of nitrogens with one attached hydrogen (secondary N) is 2. The first-order chi connectivity index (χ1) is 12.5. The summed E-state index contributed by atoms with van der Waals surface area (Å²) in [7, 11) is 0. The van der Waals surface area contributed by atoms with E-state index in [1.807, 2.05) is 37.3 Å². The molecule has 1 heterocycles. The molecular formula is C22H23N3O. The van der Waals surface area contributed by atoms with Crippen LogP contribution in [0.4, 0.5) is 11.4 Å². The van der Waals surface area contributed by atoms with Crippen LogP contribution in [0.25, 0.3) is 0 Å². The number of carbonyl (C=O) groups is 1. The maximum absolute atomic E-state index is 12.5. The summed E-state index contributed by atoms with van der Waals surface area (Å²) in [5.74, 6) is -0.134. The van der Waals surface area contributed by atoms with E-state index in [0.29, 0.717) is 12.1 Å². The van der Waals surface area contributed by atoms with Gasteiger partial charge >= 0.3 is 0 Å². The Morgan fingerprint density at radius 3 is 2.38 bits per heavy atom. The average Bonchev–Trinajstić information content (AvgIpc) is 2.60. The van der Waals surface area contributed by atoms with Crippen LogP contribution < -0.4 is 10.6 Å². The molecule has 0 aliphatic heterocycles. The summed E-state index contributed by atoms with van der Waals surface area (Å²) in [6, 6.07) is 16.1. The van der Waals surface area contributed by atoms with Crippen molar-refractivity contribution < 1.29 is 4.79 Å². The maximum Gasteiger partial charge on any atom is 0.253 e. The van der Waals surface area contributed by atoms with E-state index in [1.54, 1.807) is 12.4 Å². The van der Waals surface area contributed by atoms with Crippen LogP contribution in [0.15, 0.2) is 60.9 Å². The highest BCUT2D eigenvalue weighted by atomic mass is 16.1. The third kappa shape index (κ3) is 4.48. The lowest BCUT2D eigenvalue weighted by Crippen LogP contribution is -2.23. The zero-order chi connectivity index (χ0) is 18.5. The summed E-state index contributed by atoms with van der Waals surface area (Å²) in [4.78, 5) is 16.7. The van der Waals surface area contributed by atoms with Crippen molar-refractivity contribution >= 4 is 17.3 Å². The van der Waals surface area contributed by atoms with Crippen molar-refractivity contribution in [3.8, 4) is 0 Å². The van der Waals surface area contributed by atoms with Crippen LogP contribution in [0.5, 0.6) is 0 Å². The minimum atomic E-state index is -0.134. The molecule has 0 saturated carbocycles. The largest absolute Gasteiger partial charge is 0.354 e. The highest BCUT2D eigenvalue weighted by Gasteiger charge is 2.08. The third-order valence-corrected chi connectivity index (χ3v) is 4.21. The molecule has 1 aromatic heterocycles. The fraction of sp³-hybridized carbons (Fsp3) is 0.182. The number of benzene rings is 2. The first-order valence-corrected chi connectivity index (χ1v) is 8.64. The van der Waals surface area contributed by atoms with Gasteiger partial charge in [-0.1, -0.05) is 30.3 Å². The monoisotopic (exact) mass is 345 g/mol. The second-order valence-corrected chi connectivity index (χ2v) is 6.57. The standard InChI is InChI=1S/C22H23N3O/c1-15-8-16(2)10-20(9-15)25-21-11-19(12-23-14-21)22(26)24-13-18-7-5-4-6-17(18)3/h4-12,14,25H,13H2,1-3H3,(H,24,26). The number of hydrogen-bond acceptors (Lipinski definition) is 3. The van der Waals surface area contributed by atoms with Gasteiger partial charge in [0.25, 0.3) is 5.91 Å².